The van der Waals surface area contributed by atoms with Gasteiger partial charge in [0.1, 0.15) is 0 Å². The Kier molecular flexibility index (Phi) is 3.57. The molecule has 0 spiro atoms. The zero-order valence-electron chi connectivity index (χ0n) is 10.1. The highest BCUT2D eigenvalue weighted by Gasteiger charge is 2.51. The lowest BCUT2D eigenvalue weighted by atomic mass is 10.1. The molecule has 0 bridgehead atoms. The number of nitrogens with zero attached hydrogens (tertiary/aromatic N) is 1. The number of ether oxygens (including phenoxy) is 2. The predicted octanol–water partition coefficient (Wildman–Crippen LogP) is 1.11. The van der Waals surface area contributed by atoms with Crippen LogP contribution in [0, 0.1) is 10.1 Å². The number of carbonyl (C=O) groups excluding carboxylic acids is 2. The van der Waals surface area contributed by atoms with Gasteiger partial charge in [-0.25, -0.2) is 4.79 Å². The minimum atomic E-state index is -0.859. The fourth-order valence-corrected chi connectivity index (χ4v) is 1.63. The quantitative estimate of drug-likeness (QED) is 0.260. The molecule has 1 saturated heterocycles. The Morgan fingerprint density at radius 3 is 2.47 bits per heavy atom. The summed E-state index contributed by atoms with van der Waals surface area (Å²) in [7, 11) is 0. The van der Waals surface area contributed by atoms with Crippen molar-refractivity contribution in [3.05, 3.63) is 39.9 Å². The third-order valence-electron chi connectivity index (χ3n) is 2.63. The van der Waals surface area contributed by atoms with Crippen LogP contribution in [0.3, 0.4) is 0 Å². The van der Waals surface area contributed by atoms with E-state index in [-0.39, 0.29) is 23.6 Å². The molecule has 0 unspecified atom stereocenters. The summed E-state index contributed by atoms with van der Waals surface area (Å²) in [5.74, 6) is -0.948. The monoisotopic (exact) mass is 265 g/mol. The SMILES string of the molecule is CCOC(=O)[C@H]1O[C@@H]1C(=O)c1ccc([N+](=O)[O-])cc1. The van der Waals surface area contributed by atoms with Gasteiger partial charge in [-0.05, 0) is 19.1 Å². The van der Waals surface area contributed by atoms with Crippen LogP contribution in [-0.4, -0.2) is 35.5 Å². The molecule has 1 aliphatic rings. The number of rotatable bonds is 5. The summed E-state index contributed by atoms with van der Waals surface area (Å²) in [4.78, 5) is 33.1. The van der Waals surface area contributed by atoms with Gasteiger partial charge in [-0.15, -0.1) is 0 Å². The molecule has 0 amide bonds. The second-order valence-electron chi connectivity index (χ2n) is 3.90. The number of hydrogen-bond donors (Lipinski definition) is 0. The van der Waals surface area contributed by atoms with E-state index in [1.54, 1.807) is 6.92 Å². The summed E-state index contributed by atoms with van der Waals surface area (Å²) in [5, 5.41) is 10.5. The number of epoxide rings is 1. The molecule has 7 nitrogen and oxygen atoms in total. The Hall–Kier alpha value is -2.28. The molecule has 19 heavy (non-hydrogen) atoms. The fraction of sp³-hybridized carbons (Fsp3) is 0.333. The lowest BCUT2D eigenvalue weighted by molar-refractivity contribution is -0.384. The zero-order chi connectivity index (χ0) is 14.0. The zero-order valence-corrected chi connectivity index (χ0v) is 10.1. The molecule has 2 rings (SSSR count). The standard InChI is InChI=1S/C12H11NO6/c1-2-18-12(15)11-10(19-11)9(14)7-3-5-8(6-4-7)13(16)17/h3-6,10-11H,2H2,1H3/t10-,11+/m1/s1. The molecular weight excluding hydrogens is 254 g/mol. The van der Waals surface area contributed by atoms with Crippen LogP contribution in [0.5, 0.6) is 0 Å². The molecule has 1 heterocycles. The van der Waals surface area contributed by atoms with E-state index in [9.17, 15) is 19.7 Å². The first kappa shape index (κ1) is 13.2. The number of nitro benzene ring substituents is 1. The lowest BCUT2D eigenvalue weighted by Gasteiger charge is -1.98. The van der Waals surface area contributed by atoms with Crippen molar-refractivity contribution >= 4 is 17.4 Å². The summed E-state index contributed by atoms with van der Waals surface area (Å²) in [6.45, 7) is 1.88. The highest BCUT2D eigenvalue weighted by molar-refractivity contribution is 6.05. The number of carbonyl (C=O) groups is 2. The van der Waals surface area contributed by atoms with Crippen LogP contribution in [0.15, 0.2) is 24.3 Å². The summed E-state index contributed by atoms with van der Waals surface area (Å²) in [6, 6.07) is 5.14. The van der Waals surface area contributed by atoms with Crippen molar-refractivity contribution in [3.8, 4) is 0 Å². The van der Waals surface area contributed by atoms with Gasteiger partial charge in [0.05, 0.1) is 11.5 Å². The van der Waals surface area contributed by atoms with Crippen LogP contribution in [0.2, 0.25) is 0 Å². The Morgan fingerprint density at radius 2 is 1.95 bits per heavy atom. The largest absolute Gasteiger partial charge is 0.464 e. The molecule has 0 radical (unpaired) electrons. The highest BCUT2D eigenvalue weighted by atomic mass is 16.6. The molecule has 1 aromatic carbocycles. The number of ketones is 1. The smallest absolute Gasteiger partial charge is 0.338 e. The van der Waals surface area contributed by atoms with Crippen LogP contribution in [-0.2, 0) is 14.3 Å². The number of nitro groups is 1. The van der Waals surface area contributed by atoms with Gasteiger partial charge in [-0.1, -0.05) is 0 Å². The predicted molar refractivity (Wildman–Crippen MR) is 62.7 cm³/mol. The molecule has 100 valence electrons. The molecule has 2 atom stereocenters. The maximum atomic E-state index is 11.9. The lowest BCUT2D eigenvalue weighted by Crippen LogP contribution is -2.18. The Labute approximate surface area is 108 Å². The second kappa shape index (κ2) is 5.15. The van der Waals surface area contributed by atoms with Gasteiger partial charge in [0.25, 0.3) is 5.69 Å². The van der Waals surface area contributed by atoms with E-state index in [4.69, 9.17) is 9.47 Å². The van der Waals surface area contributed by atoms with E-state index >= 15 is 0 Å². The highest BCUT2D eigenvalue weighted by Crippen LogP contribution is 2.27. The third-order valence-corrected chi connectivity index (χ3v) is 2.63. The van der Waals surface area contributed by atoms with Crippen LogP contribution in [0.1, 0.15) is 17.3 Å². The van der Waals surface area contributed by atoms with Gasteiger partial charge in [-0.2, -0.15) is 0 Å². The van der Waals surface area contributed by atoms with Gasteiger partial charge in [0.15, 0.2) is 18.0 Å². The van der Waals surface area contributed by atoms with Gasteiger partial charge >= 0.3 is 5.97 Å². The minimum Gasteiger partial charge on any atom is -0.464 e. The van der Waals surface area contributed by atoms with Crippen molar-refractivity contribution in [2.45, 2.75) is 19.1 Å². The van der Waals surface area contributed by atoms with E-state index in [0.717, 1.165) is 0 Å². The van der Waals surface area contributed by atoms with E-state index < -0.39 is 23.1 Å². The van der Waals surface area contributed by atoms with E-state index in [0.29, 0.717) is 0 Å². The second-order valence-corrected chi connectivity index (χ2v) is 3.90. The number of esters is 1. The van der Waals surface area contributed by atoms with Crippen LogP contribution in [0.25, 0.3) is 0 Å². The first-order chi connectivity index (χ1) is 9.04. The van der Waals surface area contributed by atoms with Gasteiger partial charge < -0.3 is 9.47 Å². The van der Waals surface area contributed by atoms with Crippen molar-refractivity contribution < 1.29 is 24.0 Å². The average molecular weight is 265 g/mol. The number of hydrogen-bond acceptors (Lipinski definition) is 6. The minimum absolute atomic E-state index is 0.102. The number of Topliss-reactive ketones (excluding diaryl/α,β-unsaturated/α-hetero) is 1. The average Bonchev–Trinajstić information content (AvgIpc) is 3.18. The number of non-ortho nitro benzene ring substituents is 1. The van der Waals surface area contributed by atoms with Crippen LogP contribution in [0.4, 0.5) is 5.69 Å². The van der Waals surface area contributed by atoms with Crippen LogP contribution >= 0.6 is 0 Å². The van der Waals surface area contributed by atoms with E-state index in [1.807, 2.05) is 0 Å². The molecule has 7 heteroatoms. The van der Waals surface area contributed by atoms with Crippen molar-refractivity contribution in [1.82, 2.24) is 0 Å². The molecule has 0 N–H and O–H groups in total. The first-order valence-electron chi connectivity index (χ1n) is 5.65. The fourth-order valence-electron chi connectivity index (χ4n) is 1.63. The van der Waals surface area contributed by atoms with Crippen LogP contribution < -0.4 is 0 Å². The Morgan fingerprint density at radius 1 is 1.32 bits per heavy atom. The maximum Gasteiger partial charge on any atom is 0.338 e. The molecule has 1 fully saturated rings. The third kappa shape index (κ3) is 2.76. The molecule has 0 saturated carbocycles. The number of benzene rings is 1. The molecule has 1 aromatic rings. The van der Waals surface area contributed by atoms with E-state index in [2.05, 4.69) is 0 Å². The first-order valence-corrected chi connectivity index (χ1v) is 5.65. The van der Waals surface area contributed by atoms with Crippen molar-refractivity contribution in [3.63, 3.8) is 0 Å². The Balaban J connectivity index is 2.02. The van der Waals surface area contributed by atoms with Gasteiger partial charge in [0, 0.05) is 17.7 Å². The summed E-state index contributed by atoms with van der Waals surface area (Å²) in [5.41, 5.74) is 0.164. The summed E-state index contributed by atoms with van der Waals surface area (Å²) < 4.78 is 9.69. The summed E-state index contributed by atoms with van der Waals surface area (Å²) in [6.07, 6.45) is -1.71. The van der Waals surface area contributed by atoms with E-state index in [1.165, 1.54) is 24.3 Å². The van der Waals surface area contributed by atoms with Crippen molar-refractivity contribution in [2.24, 2.45) is 0 Å². The normalized spacial score (nSPS) is 20.7. The van der Waals surface area contributed by atoms with Crippen molar-refractivity contribution in [1.29, 1.82) is 0 Å². The maximum absolute atomic E-state index is 11.9. The molecular formula is C12H11NO6. The molecule has 0 aromatic heterocycles. The molecule has 0 aliphatic carbocycles. The van der Waals surface area contributed by atoms with Gasteiger partial charge in [-0.3, -0.25) is 14.9 Å². The summed E-state index contributed by atoms with van der Waals surface area (Å²) >= 11 is 0. The molecule has 1 aliphatic heterocycles. The van der Waals surface area contributed by atoms with Gasteiger partial charge in [0.2, 0.25) is 0 Å². The topological polar surface area (TPSA) is 99.0 Å². The van der Waals surface area contributed by atoms with Crippen molar-refractivity contribution in [2.75, 3.05) is 6.61 Å². The Bertz CT molecular complexity index is 524.